The summed E-state index contributed by atoms with van der Waals surface area (Å²) in [6.07, 6.45) is 0.928. The van der Waals surface area contributed by atoms with Gasteiger partial charge in [0, 0.05) is 12.1 Å². The molecule has 4 N–H and O–H groups in total. The zero-order chi connectivity index (χ0) is 7.84. The number of nitrogens with two attached hydrogens (primary N) is 2. The van der Waals surface area contributed by atoms with Crippen LogP contribution in [0.2, 0.25) is 0 Å². The summed E-state index contributed by atoms with van der Waals surface area (Å²) < 4.78 is 0. The van der Waals surface area contributed by atoms with Gasteiger partial charge in [0.15, 0.2) is 0 Å². The third kappa shape index (κ3) is 0.951. The SMILES string of the molecule is NC1Cc2ccccc2[C@@H]1N. The number of hydrogen-bond donors (Lipinski definition) is 2. The highest BCUT2D eigenvalue weighted by Crippen LogP contribution is 2.27. The molecule has 0 radical (unpaired) electrons. The molecule has 0 heterocycles. The highest BCUT2D eigenvalue weighted by Gasteiger charge is 2.25. The molecule has 0 aliphatic heterocycles. The summed E-state index contributed by atoms with van der Waals surface area (Å²) in [6, 6.07) is 8.37. The topological polar surface area (TPSA) is 52.0 Å². The van der Waals surface area contributed by atoms with Crippen LogP contribution in [0.25, 0.3) is 0 Å². The Bertz CT molecular complexity index is 270. The lowest BCUT2D eigenvalue weighted by Crippen LogP contribution is -2.30. The van der Waals surface area contributed by atoms with E-state index in [4.69, 9.17) is 11.5 Å². The lowest BCUT2D eigenvalue weighted by molar-refractivity contribution is 0.593. The largest absolute Gasteiger partial charge is 0.326 e. The first-order valence-corrected chi connectivity index (χ1v) is 3.88. The molecule has 0 amide bonds. The van der Waals surface area contributed by atoms with Crippen LogP contribution in [0.4, 0.5) is 0 Å². The van der Waals surface area contributed by atoms with Crippen LogP contribution in [0.15, 0.2) is 24.3 Å². The van der Waals surface area contributed by atoms with Gasteiger partial charge in [0.1, 0.15) is 0 Å². The first kappa shape index (κ1) is 6.83. The predicted octanol–water partition coefficient (Wildman–Crippen LogP) is 0.570. The lowest BCUT2D eigenvalue weighted by Gasteiger charge is -2.08. The maximum Gasteiger partial charge on any atom is 0.0454 e. The number of benzene rings is 1. The molecule has 1 aromatic rings. The Hall–Kier alpha value is -0.860. The van der Waals surface area contributed by atoms with E-state index in [9.17, 15) is 0 Å². The van der Waals surface area contributed by atoms with Crippen molar-refractivity contribution in [1.29, 1.82) is 0 Å². The lowest BCUT2D eigenvalue weighted by atomic mass is 10.1. The molecule has 2 heteroatoms. The van der Waals surface area contributed by atoms with E-state index in [0.717, 1.165) is 6.42 Å². The van der Waals surface area contributed by atoms with Gasteiger partial charge in [0.2, 0.25) is 0 Å². The quantitative estimate of drug-likeness (QED) is 0.565. The minimum absolute atomic E-state index is 0.0474. The Morgan fingerprint density at radius 1 is 1.18 bits per heavy atom. The third-order valence-corrected chi connectivity index (χ3v) is 2.33. The van der Waals surface area contributed by atoms with Gasteiger partial charge in [-0.05, 0) is 17.5 Å². The fourth-order valence-corrected chi connectivity index (χ4v) is 1.66. The van der Waals surface area contributed by atoms with Gasteiger partial charge < -0.3 is 11.5 Å². The van der Waals surface area contributed by atoms with Crippen LogP contribution in [-0.4, -0.2) is 6.04 Å². The smallest absolute Gasteiger partial charge is 0.0454 e. The molecule has 2 atom stereocenters. The first-order chi connectivity index (χ1) is 5.29. The molecule has 1 aliphatic carbocycles. The number of fused-ring (bicyclic) bond motifs is 1. The fraction of sp³-hybridized carbons (Fsp3) is 0.333. The number of hydrogen-bond acceptors (Lipinski definition) is 2. The highest BCUT2D eigenvalue weighted by molar-refractivity contribution is 5.36. The zero-order valence-corrected chi connectivity index (χ0v) is 6.33. The van der Waals surface area contributed by atoms with E-state index in [-0.39, 0.29) is 12.1 Å². The second kappa shape index (κ2) is 2.32. The van der Waals surface area contributed by atoms with Crippen molar-refractivity contribution in [1.82, 2.24) is 0 Å². The fourth-order valence-electron chi connectivity index (χ4n) is 1.66. The Balaban J connectivity index is 2.47. The van der Waals surface area contributed by atoms with E-state index in [0.29, 0.717) is 0 Å². The Kier molecular flexibility index (Phi) is 1.44. The summed E-state index contributed by atoms with van der Waals surface area (Å²) in [5.74, 6) is 0. The van der Waals surface area contributed by atoms with Gasteiger partial charge >= 0.3 is 0 Å². The van der Waals surface area contributed by atoms with Crippen molar-refractivity contribution in [2.24, 2.45) is 11.5 Å². The molecule has 0 saturated carbocycles. The second-order valence-corrected chi connectivity index (χ2v) is 3.09. The summed E-state index contributed by atoms with van der Waals surface area (Å²) in [7, 11) is 0. The van der Waals surface area contributed by atoms with E-state index < -0.39 is 0 Å². The molecule has 2 nitrogen and oxygen atoms in total. The Morgan fingerprint density at radius 3 is 2.64 bits per heavy atom. The van der Waals surface area contributed by atoms with Crippen molar-refractivity contribution in [3.63, 3.8) is 0 Å². The minimum atomic E-state index is 0.0474. The van der Waals surface area contributed by atoms with Gasteiger partial charge in [-0.3, -0.25) is 0 Å². The molecular weight excluding hydrogens is 136 g/mol. The monoisotopic (exact) mass is 148 g/mol. The van der Waals surface area contributed by atoms with Crippen molar-refractivity contribution >= 4 is 0 Å². The Morgan fingerprint density at radius 2 is 1.91 bits per heavy atom. The molecule has 11 heavy (non-hydrogen) atoms. The van der Waals surface area contributed by atoms with E-state index in [2.05, 4.69) is 12.1 Å². The third-order valence-electron chi connectivity index (χ3n) is 2.33. The number of rotatable bonds is 0. The van der Waals surface area contributed by atoms with Crippen LogP contribution in [0.5, 0.6) is 0 Å². The molecule has 1 aromatic carbocycles. The molecule has 0 spiro atoms. The van der Waals surface area contributed by atoms with E-state index in [1.165, 1.54) is 11.1 Å². The summed E-state index contributed by atoms with van der Waals surface area (Å²) >= 11 is 0. The molecule has 1 unspecified atom stereocenters. The van der Waals surface area contributed by atoms with Gasteiger partial charge in [-0.2, -0.15) is 0 Å². The van der Waals surface area contributed by atoms with Crippen LogP contribution >= 0.6 is 0 Å². The molecule has 1 aliphatic rings. The van der Waals surface area contributed by atoms with Gasteiger partial charge in [0.25, 0.3) is 0 Å². The molecule has 2 rings (SSSR count). The normalized spacial score (nSPS) is 28.5. The van der Waals surface area contributed by atoms with E-state index in [1.54, 1.807) is 0 Å². The van der Waals surface area contributed by atoms with Crippen molar-refractivity contribution < 1.29 is 0 Å². The van der Waals surface area contributed by atoms with Gasteiger partial charge in [-0.1, -0.05) is 24.3 Å². The van der Waals surface area contributed by atoms with Gasteiger partial charge in [-0.25, -0.2) is 0 Å². The summed E-state index contributed by atoms with van der Waals surface area (Å²) in [5, 5.41) is 0. The van der Waals surface area contributed by atoms with E-state index in [1.807, 2.05) is 12.1 Å². The van der Waals surface area contributed by atoms with Crippen LogP contribution < -0.4 is 11.5 Å². The highest BCUT2D eigenvalue weighted by atomic mass is 14.8. The maximum atomic E-state index is 5.86. The summed E-state index contributed by atoms with van der Waals surface area (Å²) in [4.78, 5) is 0. The predicted molar refractivity (Wildman–Crippen MR) is 45.0 cm³/mol. The van der Waals surface area contributed by atoms with Gasteiger partial charge in [-0.15, -0.1) is 0 Å². The van der Waals surface area contributed by atoms with Crippen LogP contribution in [-0.2, 0) is 6.42 Å². The van der Waals surface area contributed by atoms with Crippen molar-refractivity contribution in [3.05, 3.63) is 35.4 Å². The second-order valence-electron chi connectivity index (χ2n) is 3.09. The zero-order valence-electron chi connectivity index (χ0n) is 6.33. The maximum absolute atomic E-state index is 5.86. The van der Waals surface area contributed by atoms with Crippen molar-refractivity contribution in [2.75, 3.05) is 0 Å². The molecule has 0 bridgehead atoms. The summed E-state index contributed by atoms with van der Waals surface area (Å²) in [6.45, 7) is 0. The van der Waals surface area contributed by atoms with Crippen LogP contribution in [0.3, 0.4) is 0 Å². The van der Waals surface area contributed by atoms with Gasteiger partial charge in [0.05, 0.1) is 0 Å². The van der Waals surface area contributed by atoms with Crippen LogP contribution in [0, 0.1) is 0 Å². The minimum Gasteiger partial charge on any atom is -0.326 e. The standard InChI is InChI=1S/C9H12N2/c10-8-5-6-3-1-2-4-7(6)9(8)11/h1-4,8-9H,5,10-11H2/t8?,9-/m0/s1. The van der Waals surface area contributed by atoms with Crippen molar-refractivity contribution in [3.8, 4) is 0 Å². The van der Waals surface area contributed by atoms with Crippen molar-refractivity contribution in [2.45, 2.75) is 18.5 Å². The average molecular weight is 148 g/mol. The molecule has 58 valence electrons. The average Bonchev–Trinajstić information content (AvgIpc) is 2.30. The molecule has 0 aromatic heterocycles. The summed E-state index contributed by atoms with van der Waals surface area (Å²) in [5.41, 5.74) is 14.2. The molecular formula is C9H12N2. The van der Waals surface area contributed by atoms with Crippen LogP contribution in [0.1, 0.15) is 17.2 Å². The Labute approximate surface area is 66.2 Å². The van der Waals surface area contributed by atoms with E-state index >= 15 is 0 Å². The first-order valence-electron chi connectivity index (χ1n) is 3.88. The molecule has 0 fully saturated rings. The molecule has 0 saturated heterocycles.